The van der Waals surface area contributed by atoms with Gasteiger partial charge in [0.2, 0.25) is 17.7 Å². The number of rotatable bonds is 8. The molecule has 3 amide bonds. The van der Waals surface area contributed by atoms with E-state index in [0.717, 1.165) is 0 Å². The Morgan fingerprint density at radius 1 is 1.25 bits per heavy atom. The van der Waals surface area contributed by atoms with E-state index in [1.165, 1.54) is 29.2 Å². The Hall–Kier alpha value is -2.97. The topological polar surface area (TPSA) is 116 Å². The van der Waals surface area contributed by atoms with Gasteiger partial charge in [0.15, 0.2) is 0 Å². The molecule has 9 heteroatoms. The van der Waals surface area contributed by atoms with Crippen molar-refractivity contribution >= 4 is 29.4 Å². The van der Waals surface area contributed by atoms with Crippen LogP contribution in [0.15, 0.2) is 24.3 Å². The minimum absolute atomic E-state index is 0.0737. The fourth-order valence-electron chi connectivity index (χ4n) is 3.03. The molecule has 1 aromatic carbocycles. The number of carboxylic acid groups (broad SMARTS) is 1. The van der Waals surface area contributed by atoms with Gasteiger partial charge in [-0.25, -0.2) is 9.18 Å². The van der Waals surface area contributed by atoms with Crippen molar-refractivity contribution in [3.8, 4) is 0 Å². The lowest BCUT2D eigenvalue weighted by atomic mass is 10.0. The van der Waals surface area contributed by atoms with E-state index in [9.17, 15) is 23.6 Å². The average molecular weight is 393 g/mol. The summed E-state index contributed by atoms with van der Waals surface area (Å²) in [6.45, 7) is 3.57. The summed E-state index contributed by atoms with van der Waals surface area (Å²) >= 11 is 0. The average Bonchev–Trinajstić information content (AvgIpc) is 3.01. The highest BCUT2D eigenvalue weighted by molar-refractivity contribution is 6.10. The Morgan fingerprint density at radius 3 is 2.46 bits per heavy atom. The maximum Gasteiger partial charge on any atom is 0.326 e. The Bertz CT molecular complexity index is 750. The predicted octanol–water partition coefficient (Wildman–Crippen LogP) is 0.910. The van der Waals surface area contributed by atoms with Gasteiger partial charge in [0, 0.05) is 12.2 Å². The molecule has 0 spiro atoms. The quantitative estimate of drug-likeness (QED) is 0.568. The molecular weight excluding hydrogens is 369 g/mol. The zero-order chi connectivity index (χ0) is 20.8. The van der Waals surface area contributed by atoms with E-state index in [-0.39, 0.29) is 18.8 Å². The second-order valence-corrected chi connectivity index (χ2v) is 7.11. The zero-order valence-electron chi connectivity index (χ0n) is 15.8. The van der Waals surface area contributed by atoms with Crippen molar-refractivity contribution < 1.29 is 28.7 Å². The van der Waals surface area contributed by atoms with Gasteiger partial charge in [-0.05, 0) is 43.0 Å². The van der Waals surface area contributed by atoms with E-state index in [2.05, 4.69) is 10.6 Å². The number of hydrogen-bond acceptors (Lipinski definition) is 4. The van der Waals surface area contributed by atoms with Crippen LogP contribution in [0.25, 0.3) is 0 Å². The van der Waals surface area contributed by atoms with Gasteiger partial charge in [0.1, 0.15) is 17.8 Å². The molecule has 8 nitrogen and oxygen atoms in total. The van der Waals surface area contributed by atoms with Gasteiger partial charge in [-0.2, -0.15) is 0 Å². The number of nitrogens with zero attached hydrogens (tertiary/aromatic N) is 1. The summed E-state index contributed by atoms with van der Waals surface area (Å²) in [4.78, 5) is 49.2. The van der Waals surface area contributed by atoms with Crippen molar-refractivity contribution in [2.75, 3.05) is 18.0 Å². The second-order valence-electron chi connectivity index (χ2n) is 7.11. The SMILES string of the molecule is CC(C)C[C@H](NC(=O)CNC(=O)C1CCN(c2ccc(F)cc2)C1=O)C(=O)O. The van der Waals surface area contributed by atoms with Crippen molar-refractivity contribution in [3.63, 3.8) is 0 Å². The number of amides is 3. The van der Waals surface area contributed by atoms with Gasteiger partial charge in [-0.3, -0.25) is 14.4 Å². The third kappa shape index (κ3) is 5.51. The maximum atomic E-state index is 13.0. The van der Waals surface area contributed by atoms with Gasteiger partial charge in [0.05, 0.1) is 6.54 Å². The number of anilines is 1. The number of halogens is 1. The summed E-state index contributed by atoms with van der Waals surface area (Å²) in [5, 5.41) is 13.9. The Morgan fingerprint density at radius 2 is 1.89 bits per heavy atom. The molecule has 3 N–H and O–H groups in total. The van der Waals surface area contributed by atoms with Crippen LogP contribution in [0.3, 0.4) is 0 Å². The van der Waals surface area contributed by atoms with Crippen molar-refractivity contribution in [2.45, 2.75) is 32.7 Å². The van der Waals surface area contributed by atoms with Gasteiger partial charge < -0.3 is 20.6 Å². The molecule has 1 aliphatic heterocycles. The van der Waals surface area contributed by atoms with E-state index in [0.29, 0.717) is 12.2 Å². The van der Waals surface area contributed by atoms with Crippen LogP contribution in [0, 0.1) is 17.7 Å². The van der Waals surface area contributed by atoms with Crippen molar-refractivity contribution in [3.05, 3.63) is 30.1 Å². The van der Waals surface area contributed by atoms with Crippen LogP contribution in [0.2, 0.25) is 0 Å². The van der Waals surface area contributed by atoms with E-state index >= 15 is 0 Å². The highest BCUT2D eigenvalue weighted by Crippen LogP contribution is 2.25. The fourth-order valence-corrected chi connectivity index (χ4v) is 3.03. The largest absolute Gasteiger partial charge is 0.480 e. The summed E-state index contributed by atoms with van der Waals surface area (Å²) in [6.07, 6.45) is 0.539. The van der Waals surface area contributed by atoms with E-state index < -0.39 is 48.0 Å². The zero-order valence-corrected chi connectivity index (χ0v) is 15.8. The maximum absolute atomic E-state index is 13.0. The molecule has 0 aromatic heterocycles. The van der Waals surface area contributed by atoms with E-state index in [1.54, 1.807) is 0 Å². The van der Waals surface area contributed by atoms with Crippen LogP contribution in [0.1, 0.15) is 26.7 Å². The molecular formula is C19H24FN3O5. The summed E-state index contributed by atoms with van der Waals surface area (Å²) in [7, 11) is 0. The summed E-state index contributed by atoms with van der Waals surface area (Å²) < 4.78 is 13.0. The van der Waals surface area contributed by atoms with Gasteiger partial charge in [-0.1, -0.05) is 13.8 Å². The third-order valence-electron chi connectivity index (χ3n) is 4.42. The Labute approximate surface area is 162 Å². The number of nitrogens with one attached hydrogen (secondary N) is 2. The molecule has 0 aliphatic carbocycles. The molecule has 0 bridgehead atoms. The first-order valence-corrected chi connectivity index (χ1v) is 9.06. The van der Waals surface area contributed by atoms with Crippen LogP contribution in [-0.4, -0.2) is 47.9 Å². The smallest absolute Gasteiger partial charge is 0.326 e. The number of carbonyl (C=O) groups is 4. The first-order chi connectivity index (χ1) is 13.2. The molecule has 0 radical (unpaired) electrons. The van der Waals surface area contributed by atoms with Crippen molar-refractivity contribution in [1.29, 1.82) is 0 Å². The minimum atomic E-state index is -1.14. The molecule has 1 aliphatic rings. The fraction of sp³-hybridized carbons (Fsp3) is 0.474. The lowest BCUT2D eigenvalue weighted by molar-refractivity contribution is -0.142. The van der Waals surface area contributed by atoms with Crippen molar-refractivity contribution in [1.82, 2.24) is 10.6 Å². The monoisotopic (exact) mass is 393 g/mol. The number of hydrogen-bond donors (Lipinski definition) is 3. The number of aliphatic carboxylic acids is 1. The van der Waals surface area contributed by atoms with Crippen LogP contribution in [0.5, 0.6) is 0 Å². The van der Waals surface area contributed by atoms with Crippen LogP contribution in [0.4, 0.5) is 10.1 Å². The Kier molecular flexibility index (Phi) is 7.08. The van der Waals surface area contributed by atoms with E-state index in [1.807, 2.05) is 13.8 Å². The lowest BCUT2D eigenvalue weighted by Crippen LogP contribution is -2.47. The minimum Gasteiger partial charge on any atom is -0.480 e. The highest BCUT2D eigenvalue weighted by Gasteiger charge is 2.37. The highest BCUT2D eigenvalue weighted by atomic mass is 19.1. The third-order valence-corrected chi connectivity index (χ3v) is 4.42. The molecule has 1 heterocycles. The second kappa shape index (κ2) is 9.29. The number of carbonyl (C=O) groups excluding carboxylic acids is 3. The molecule has 1 aromatic rings. The summed E-state index contributed by atoms with van der Waals surface area (Å²) in [5.41, 5.74) is 0.498. The van der Waals surface area contributed by atoms with Crippen molar-refractivity contribution in [2.24, 2.45) is 11.8 Å². The first kappa shape index (κ1) is 21.3. The standard InChI is InChI=1S/C19H24FN3O5/c1-11(2)9-15(19(27)28)22-16(24)10-21-17(25)14-7-8-23(18(14)26)13-5-3-12(20)4-6-13/h3-6,11,14-15H,7-10H2,1-2H3,(H,21,25)(H,22,24)(H,27,28)/t14?,15-/m0/s1. The van der Waals surface area contributed by atoms with Gasteiger partial charge >= 0.3 is 5.97 Å². The molecule has 152 valence electrons. The molecule has 1 fully saturated rings. The summed E-state index contributed by atoms with van der Waals surface area (Å²) in [5.74, 6) is -4.09. The van der Waals surface area contributed by atoms with Crippen LogP contribution >= 0.6 is 0 Å². The molecule has 0 saturated carbocycles. The lowest BCUT2D eigenvalue weighted by Gasteiger charge is -2.18. The summed E-state index contributed by atoms with van der Waals surface area (Å²) in [6, 6.07) is 4.35. The molecule has 2 rings (SSSR count). The predicted molar refractivity (Wildman–Crippen MR) is 98.9 cm³/mol. The van der Waals surface area contributed by atoms with E-state index in [4.69, 9.17) is 5.11 Å². The molecule has 28 heavy (non-hydrogen) atoms. The molecule has 1 unspecified atom stereocenters. The Balaban J connectivity index is 1.87. The number of carboxylic acids is 1. The molecule has 2 atom stereocenters. The van der Waals surface area contributed by atoms with Gasteiger partial charge in [-0.15, -0.1) is 0 Å². The molecule has 1 saturated heterocycles. The van der Waals surface area contributed by atoms with Gasteiger partial charge in [0.25, 0.3) is 0 Å². The normalized spacial score (nSPS) is 17.5. The number of benzene rings is 1. The first-order valence-electron chi connectivity index (χ1n) is 9.06. The van der Waals surface area contributed by atoms with Crippen LogP contribution < -0.4 is 15.5 Å². The van der Waals surface area contributed by atoms with Crippen LogP contribution in [-0.2, 0) is 19.2 Å².